The molecule has 0 aromatic carbocycles. The van der Waals surface area contributed by atoms with Gasteiger partial charge in [-0.2, -0.15) is 0 Å². The van der Waals surface area contributed by atoms with Crippen LogP contribution in [0.5, 0.6) is 5.75 Å². The Bertz CT molecular complexity index is 298. The highest BCUT2D eigenvalue weighted by atomic mass is 16.6. The van der Waals surface area contributed by atoms with E-state index in [1.807, 2.05) is 0 Å². The first-order chi connectivity index (χ1) is 5.11. The maximum absolute atomic E-state index is 10.7. The van der Waals surface area contributed by atoms with E-state index in [1.54, 1.807) is 6.92 Å². The number of rotatable bonds is 1. The lowest BCUT2D eigenvalue weighted by Crippen LogP contribution is -1.93. The molecular formula is C6H5N2O3. The molecule has 1 rings (SSSR count). The van der Waals surface area contributed by atoms with E-state index in [9.17, 15) is 15.2 Å². The second-order valence-electron chi connectivity index (χ2n) is 2.03. The molecule has 11 heavy (non-hydrogen) atoms. The molecule has 5 heteroatoms. The highest BCUT2D eigenvalue weighted by Crippen LogP contribution is 2.22. The number of hydrogen-bond donors (Lipinski definition) is 0. The Kier molecular flexibility index (Phi) is 1.72. The average Bonchev–Trinajstić information content (AvgIpc) is 1.94. The topological polar surface area (TPSA) is 75.9 Å². The van der Waals surface area contributed by atoms with Crippen molar-refractivity contribution in [2.75, 3.05) is 0 Å². The van der Waals surface area contributed by atoms with Crippen LogP contribution in [0.15, 0.2) is 12.1 Å². The standard InChI is InChI=1S/C6H5N2O3/c1-4-2-3-5(9)6(7-4)8(10)11/h2-3H,1H3. The third-order valence-corrected chi connectivity index (χ3v) is 1.15. The molecule has 0 aliphatic carbocycles. The Morgan fingerprint density at radius 1 is 1.55 bits per heavy atom. The van der Waals surface area contributed by atoms with Crippen molar-refractivity contribution in [3.05, 3.63) is 27.9 Å². The zero-order valence-electron chi connectivity index (χ0n) is 5.77. The van der Waals surface area contributed by atoms with E-state index < -0.39 is 16.5 Å². The van der Waals surface area contributed by atoms with Gasteiger partial charge in [-0.15, -0.1) is 0 Å². The zero-order chi connectivity index (χ0) is 8.43. The van der Waals surface area contributed by atoms with E-state index >= 15 is 0 Å². The van der Waals surface area contributed by atoms with Crippen molar-refractivity contribution in [3.63, 3.8) is 0 Å². The minimum atomic E-state index is -0.782. The fraction of sp³-hybridized carbons (Fsp3) is 0.167. The average molecular weight is 153 g/mol. The fourth-order valence-corrected chi connectivity index (χ4v) is 0.661. The van der Waals surface area contributed by atoms with E-state index in [-0.39, 0.29) is 0 Å². The molecule has 1 aromatic rings. The van der Waals surface area contributed by atoms with Crippen molar-refractivity contribution >= 4 is 5.82 Å². The van der Waals surface area contributed by atoms with E-state index in [2.05, 4.69) is 4.98 Å². The van der Waals surface area contributed by atoms with Gasteiger partial charge >= 0.3 is 5.82 Å². The van der Waals surface area contributed by atoms with Gasteiger partial charge in [-0.1, -0.05) is 0 Å². The Labute approximate surface area is 62.5 Å². The van der Waals surface area contributed by atoms with Gasteiger partial charge in [-0.3, -0.25) is 5.11 Å². The molecule has 0 saturated carbocycles. The molecule has 0 aliphatic heterocycles. The number of aryl methyl sites for hydroxylation is 1. The molecule has 0 atom stereocenters. The van der Waals surface area contributed by atoms with Gasteiger partial charge in [0, 0.05) is 6.92 Å². The molecule has 0 amide bonds. The summed E-state index contributed by atoms with van der Waals surface area (Å²) in [7, 11) is 0. The van der Waals surface area contributed by atoms with Gasteiger partial charge < -0.3 is 10.1 Å². The molecule has 0 saturated heterocycles. The van der Waals surface area contributed by atoms with Gasteiger partial charge in [-0.05, 0) is 22.0 Å². The number of nitro groups is 1. The first-order valence-corrected chi connectivity index (χ1v) is 2.90. The first kappa shape index (κ1) is 7.46. The molecular weight excluding hydrogens is 148 g/mol. The van der Waals surface area contributed by atoms with Gasteiger partial charge in [0.15, 0.2) is 0 Å². The highest BCUT2D eigenvalue weighted by molar-refractivity contribution is 5.38. The molecule has 5 nitrogen and oxygen atoms in total. The van der Waals surface area contributed by atoms with Crippen molar-refractivity contribution in [1.29, 1.82) is 0 Å². The summed E-state index contributed by atoms with van der Waals surface area (Å²) >= 11 is 0. The van der Waals surface area contributed by atoms with Crippen LogP contribution in [0.1, 0.15) is 5.69 Å². The smallest absolute Gasteiger partial charge is 0.358 e. The van der Waals surface area contributed by atoms with Gasteiger partial charge in [0.25, 0.3) is 5.75 Å². The van der Waals surface area contributed by atoms with E-state index in [1.165, 1.54) is 6.07 Å². The second kappa shape index (κ2) is 2.53. The van der Waals surface area contributed by atoms with E-state index in [0.29, 0.717) is 5.69 Å². The maximum atomic E-state index is 10.7. The number of pyridine rings is 1. The van der Waals surface area contributed by atoms with Crippen LogP contribution in [0.2, 0.25) is 0 Å². The minimum Gasteiger partial charge on any atom is -0.358 e. The Balaban J connectivity index is 3.23. The third-order valence-electron chi connectivity index (χ3n) is 1.15. The quantitative estimate of drug-likeness (QED) is 0.452. The molecule has 0 spiro atoms. The van der Waals surface area contributed by atoms with Crippen molar-refractivity contribution in [2.24, 2.45) is 0 Å². The van der Waals surface area contributed by atoms with Gasteiger partial charge in [0.2, 0.25) is 0 Å². The predicted octanol–water partition coefficient (Wildman–Crippen LogP) is 1.44. The van der Waals surface area contributed by atoms with Gasteiger partial charge in [0.1, 0.15) is 5.69 Å². The van der Waals surface area contributed by atoms with Crippen LogP contribution in [0.3, 0.4) is 0 Å². The summed E-state index contributed by atoms with van der Waals surface area (Å²) < 4.78 is 0. The molecule has 0 unspecified atom stereocenters. The molecule has 0 bridgehead atoms. The normalized spacial score (nSPS) is 9.55. The Hall–Kier alpha value is -1.65. The van der Waals surface area contributed by atoms with Crippen molar-refractivity contribution in [1.82, 2.24) is 4.98 Å². The van der Waals surface area contributed by atoms with E-state index in [0.717, 1.165) is 6.07 Å². The maximum Gasteiger partial charge on any atom is 0.411 e. The van der Waals surface area contributed by atoms with Crippen LogP contribution in [0, 0.1) is 17.0 Å². The number of nitrogens with zero attached hydrogens (tertiary/aromatic N) is 2. The van der Waals surface area contributed by atoms with Crippen LogP contribution in [0.4, 0.5) is 5.82 Å². The molecule has 1 radical (unpaired) electrons. The van der Waals surface area contributed by atoms with Crippen LogP contribution < -0.4 is 0 Å². The minimum absolute atomic E-state index is 0.469. The molecule has 0 fully saturated rings. The largest absolute Gasteiger partial charge is 0.411 e. The summed E-state index contributed by atoms with van der Waals surface area (Å²) in [6.45, 7) is 1.59. The van der Waals surface area contributed by atoms with Gasteiger partial charge in [0.05, 0.1) is 0 Å². The summed E-state index contributed by atoms with van der Waals surface area (Å²) in [6, 6.07) is 2.58. The Morgan fingerprint density at radius 3 is 2.64 bits per heavy atom. The zero-order valence-corrected chi connectivity index (χ0v) is 5.77. The molecule has 0 N–H and O–H groups in total. The Morgan fingerprint density at radius 2 is 2.18 bits per heavy atom. The van der Waals surface area contributed by atoms with Crippen LogP contribution in [-0.2, 0) is 5.11 Å². The van der Waals surface area contributed by atoms with Crippen molar-refractivity contribution < 1.29 is 10.0 Å². The van der Waals surface area contributed by atoms with Gasteiger partial charge in [-0.25, -0.2) is 0 Å². The summed E-state index contributed by atoms with van der Waals surface area (Å²) in [5.41, 5.74) is 0.469. The molecule has 1 aromatic heterocycles. The van der Waals surface area contributed by atoms with E-state index in [4.69, 9.17) is 0 Å². The summed E-state index contributed by atoms with van der Waals surface area (Å²) in [4.78, 5) is 12.8. The predicted molar refractivity (Wildman–Crippen MR) is 35.8 cm³/mol. The number of aromatic nitrogens is 1. The summed E-state index contributed by atoms with van der Waals surface area (Å²) in [5.74, 6) is -1.26. The molecule has 0 aliphatic rings. The van der Waals surface area contributed by atoms with Crippen LogP contribution >= 0.6 is 0 Å². The monoisotopic (exact) mass is 153 g/mol. The summed E-state index contributed by atoms with van der Waals surface area (Å²) in [5, 5.41) is 20.8. The number of hydrogen-bond acceptors (Lipinski definition) is 3. The SMILES string of the molecule is Cc1ccc([O])c([N+](=O)[O-])n1. The van der Waals surface area contributed by atoms with Crippen molar-refractivity contribution in [3.8, 4) is 5.75 Å². The second-order valence-corrected chi connectivity index (χ2v) is 2.03. The highest BCUT2D eigenvalue weighted by Gasteiger charge is 2.16. The third kappa shape index (κ3) is 1.43. The lowest BCUT2D eigenvalue weighted by atomic mass is 10.3. The lowest BCUT2D eigenvalue weighted by molar-refractivity contribution is -0.391. The lowest BCUT2D eigenvalue weighted by Gasteiger charge is -1.91. The molecule has 1 heterocycles. The van der Waals surface area contributed by atoms with Crippen LogP contribution in [0.25, 0.3) is 0 Å². The first-order valence-electron chi connectivity index (χ1n) is 2.90. The molecule has 57 valence electrons. The fourth-order valence-electron chi connectivity index (χ4n) is 0.661. The van der Waals surface area contributed by atoms with Crippen molar-refractivity contribution in [2.45, 2.75) is 6.92 Å². The van der Waals surface area contributed by atoms with Crippen LogP contribution in [-0.4, -0.2) is 9.91 Å². The summed E-state index contributed by atoms with van der Waals surface area (Å²) in [6.07, 6.45) is 0.